The van der Waals surface area contributed by atoms with Crippen LogP contribution in [0, 0.1) is 6.92 Å². The molecule has 0 spiro atoms. The van der Waals surface area contributed by atoms with E-state index in [1.807, 2.05) is 30.0 Å². The number of nitrogens with zero attached hydrogens (tertiary/aromatic N) is 3. The quantitative estimate of drug-likeness (QED) is 0.520. The topological polar surface area (TPSA) is 45.7 Å². The van der Waals surface area contributed by atoms with Gasteiger partial charge >= 0.3 is 0 Å². The molecule has 5 rings (SSSR count). The van der Waals surface area contributed by atoms with Crippen LogP contribution in [0.15, 0.2) is 30.3 Å². The number of hydrogen-bond donors (Lipinski definition) is 0. The second kappa shape index (κ2) is 9.48. The highest BCUT2D eigenvalue weighted by molar-refractivity contribution is 7.22. The lowest BCUT2D eigenvalue weighted by molar-refractivity contribution is 0.0391. The lowest BCUT2D eigenvalue weighted by atomic mass is 9.90. The van der Waals surface area contributed by atoms with Crippen molar-refractivity contribution in [2.24, 2.45) is 0 Å². The van der Waals surface area contributed by atoms with Crippen LogP contribution in [0.25, 0.3) is 10.2 Å². The summed E-state index contributed by atoms with van der Waals surface area (Å²) in [4.78, 5) is 22.8. The van der Waals surface area contributed by atoms with Crippen molar-refractivity contribution in [3.63, 3.8) is 0 Å². The fourth-order valence-corrected chi connectivity index (χ4v) is 5.78. The minimum Gasteiger partial charge on any atom is -0.379 e. The van der Waals surface area contributed by atoms with E-state index in [1.165, 1.54) is 24.0 Å². The minimum absolute atomic E-state index is 0.0226. The molecule has 1 amide bonds. The number of carbonyl (C=O) groups is 1. The Kier molecular flexibility index (Phi) is 6.47. The Hall–Kier alpha value is -1.99. The van der Waals surface area contributed by atoms with E-state index >= 15 is 0 Å². The molecule has 0 unspecified atom stereocenters. The van der Waals surface area contributed by atoms with Crippen molar-refractivity contribution >= 4 is 44.2 Å². The van der Waals surface area contributed by atoms with Gasteiger partial charge in [0.05, 0.1) is 23.4 Å². The standard InChI is InChI=1S/C25H28ClN3O2S/c1-17-21(26)8-9-22-23(17)27-25(32-22)29(11-10-28-12-14-31-15-13-28)24(30)20-7-6-18-4-2-3-5-19(18)16-20/h6-9,16H,2-5,10-15H2,1H3. The average molecular weight is 470 g/mol. The van der Waals surface area contributed by atoms with Gasteiger partial charge in [-0.1, -0.05) is 29.0 Å². The zero-order valence-corrected chi connectivity index (χ0v) is 20.0. The monoisotopic (exact) mass is 469 g/mol. The van der Waals surface area contributed by atoms with E-state index in [0.29, 0.717) is 11.6 Å². The number of benzene rings is 2. The molecule has 2 heterocycles. The number of fused-ring (bicyclic) bond motifs is 2. The van der Waals surface area contributed by atoms with Crippen molar-refractivity contribution in [2.75, 3.05) is 44.3 Å². The molecule has 1 aliphatic carbocycles. The maximum absolute atomic E-state index is 13.8. The van der Waals surface area contributed by atoms with Crippen molar-refractivity contribution in [3.8, 4) is 0 Å². The highest BCUT2D eigenvalue weighted by Crippen LogP contribution is 2.34. The molecule has 168 valence electrons. The Morgan fingerprint density at radius 2 is 1.94 bits per heavy atom. The number of thiazole rings is 1. The summed E-state index contributed by atoms with van der Waals surface area (Å²) in [6, 6.07) is 10.1. The van der Waals surface area contributed by atoms with Crippen LogP contribution in [-0.4, -0.2) is 55.2 Å². The van der Waals surface area contributed by atoms with E-state index in [4.69, 9.17) is 21.3 Å². The Bertz CT molecular complexity index is 1140. The molecule has 2 aliphatic rings. The smallest absolute Gasteiger partial charge is 0.260 e. The SMILES string of the molecule is Cc1c(Cl)ccc2sc(N(CCN3CCOCC3)C(=O)c3ccc4c(c3)CCCC4)nc12. The number of aromatic nitrogens is 1. The molecule has 5 nitrogen and oxygen atoms in total. The Morgan fingerprint density at radius 1 is 1.16 bits per heavy atom. The fourth-order valence-electron chi connectivity index (χ4n) is 4.58. The van der Waals surface area contributed by atoms with E-state index in [-0.39, 0.29) is 5.91 Å². The number of rotatable bonds is 5. The van der Waals surface area contributed by atoms with Gasteiger partial charge in [0.25, 0.3) is 5.91 Å². The Balaban J connectivity index is 1.47. The van der Waals surface area contributed by atoms with Gasteiger partial charge < -0.3 is 4.74 Å². The molecular formula is C25H28ClN3O2S. The van der Waals surface area contributed by atoms with Crippen LogP contribution in [0.5, 0.6) is 0 Å². The third kappa shape index (κ3) is 4.42. The van der Waals surface area contributed by atoms with Gasteiger partial charge in [-0.05, 0) is 73.6 Å². The molecule has 0 saturated carbocycles. The Morgan fingerprint density at radius 3 is 2.75 bits per heavy atom. The summed E-state index contributed by atoms with van der Waals surface area (Å²) in [7, 11) is 0. The van der Waals surface area contributed by atoms with E-state index < -0.39 is 0 Å². The highest BCUT2D eigenvalue weighted by Gasteiger charge is 2.24. The van der Waals surface area contributed by atoms with Crippen molar-refractivity contribution in [1.29, 1.82) is 0 Å². The summed E-state index contributed by atoms with van der Waals surface area (Å²) in [5.74, 6) is 0.0226. The number of anilines is 1. The molecule has 7 heteroatoms. The molecule has 1 saturated heterocycles. The number of ether oxygens (including phenoxy) is 1. The summed E-state index contributed by atoms with van der Waals surface area (Å²) >= 11 is 7.89. The van der Waals surface area contributed by atoms with Crippen LogP contribution < -0.4 is 4.90 Å². The minimum atomic E-state index is 0.0226. The normalized spacial score (nSPS) is 16.8. The van der Waals surface area contributed by atoms with Gasteiger partial charge in [0, 0.05) is 36.8 Å². The van der Waals surface area contributed by atoms with Gasteiger partial charge in [-0.2, -0.15) is 0 Å². The fraction of sp³-hybridized carbons (Fsp3) is 0.440. The zero-order valence-electron chi connectivity index (χ0n) is 18.4. The third-order valence-electron chi connectivity index (χ3n) is 6.55. The molecule has 0 atom stereocenters. The van der Waals surface area contributed by atoms with Crippen molar-refractivity contribution in [2.45, 2.75) is 32.6 Å². The van der Waals surface area contributed by atoms with Crippen molar-refractivity contribution in [3.05, 3.63) is 57.6 Å². The van der Waals surface area contributed by atoms with Gasteiger partial charge in [-0.3, -0.25) is 14.6 Å². The second-order valence-corrected chi connectivity index (χ2v) is 10.0. The largest absolute Gasteiger partial charge is 0.379 e. The van der Waals surface area contributed by atoms with Crippen LogP contribution in [0.3, 0.4) is 0 Å². The molecule has 32 heavy (non-hydrogen) atoms. The predicted molar refractivity (Wildman–Crippen MR) is 131 cm³/mol. The maximum atomic E-state index is 13.8. The molecule has 0 N–H and O–H groups in total. The van der Waals surface area contributed by atoms with E-state index in [0.717, 1.165) is 72.2 Å². The third-order valence-corrected chi connectivity index (χ3v) is 8.00. The van der Waals surface area contributed by atoms with Gasteiger partial charge in [-0.15, -0.1) is 0 Å². The molecule has 0 bridgehead atoms. The molecule has 1 aliphatic heterocycles. The summed E-state index contributed by atoms with van der Waals surface area (Å²) in [6.45, 7) is 6.68. The van der Waals surface area contributed by atoms with Crippen molar-refractivity contribution in [1.82, 2.24) is 9.88 Å². The first kappa shape index (κ1) is 21.8. The van der Waals surface area contributed by atoms with E-state index in [2.05, 4.69) is 17.0 Å². The first-order chi connectivity index (χ1) is 15.6. The second-order valence-electron chi connectivity index (χ2n) is 8.62. The molecule has 1 fully saturated rings. The van der Waals surface area contributed by atoms with Gasteiger partial charge in [0.15, 0.2) is 5.13 Å². The summed E-state index contributed by atoms with van der Waals surface area (Å²) in [6.07, 6.45) is 4.61. The van der Waals surface area contributed by atoms with Crippen LogP contribution in [0.1, 0.15) is 39.9 Å². The number of hydrogen-bond acceptors (Lipinski definition) is 5. The molecular weight excluding hydrogens is 442 g/mol. The zero-order chi connectivity index (χ0) is 22.1. The Labute approximate surface area is 197 Å². The van der Waals surface area contributed by atoms with Crippen molar-refractivity contribution < 1.29 is 9.53 Å². The van der Waals surface area contributed by atoms with Gasteiger partial charge in [-0.25, -0.2) is 4.98 Å². The lowest BCUT2D eigenvalue weighted by Crippen LogP contribution is -2.43. The number of carbonyl (C=O) groups excluding carboxylic acids is 1. The van der Waals surface area contributed by atoms with E-state index in [9.17, 15) is 4.79 Å². The molecule has 1 aromatic heterocycles. The lowest BCUT2D eigenvalue weighted by Gasteiger charge is -2.29. The van der Waals surface area contributed by atoms with Crippen LogP contribution in [0.2, 0.25) is 5.02 Å². The molecule has 0 radical (unpaired) electrons. The predicted octanol–water partition coefficient (Wildman–Crippen LogP) is 5.12. The first-order valence-electron chi connectivity index (χ1n) is 11.4. The summed E-state index contributed by atoms with van der Waals surface area (Å²) in [5, 5.41) is 1.44. The van der Waals surface area contributed by atoms with E-state index in [1.54, 1.807) is 11.3 Å². The summed E-state index contributed by atoms with van der Waals surface area (Å²) < 4.78 is 6.53. The number of aryl methyl sites for hydroxylation is 3. The number of morpholine rings is 1. The maximum Gasteiger partial charge on any atom is 0.260 e. The highest BCUT2D eigenvalue weighted by atomic mass is 35.5. The first-order valence-corrected chi connectivity index (χ1v) is 12.6. The number of amides is 1. The van der Waals surface area contributed by atoms with Gasteiger partial charge in [0.2, 0.25) is 0 Å². The molecule has 2 aromatic carbocycles. The average Bonchev–Trinajstić information content (AvgIpc) is 3.26. The number of halogens is 1. The van der Waals surface area contributed by atoms with Crippen LogP contribution in [-0.2, 0) is 17.6 Å². The summed E-state index contributed by atoms with van der Waals surface area (Å²) in [5.41, 5.74) is 5.30. The van der Waals surface area contributed by atoms with Crippen LogP contribution in [0.4, 0.5) is 5.13 Å². The van der Waals surface area contributed by atoms with Crippen LogP contribution >= 0.6 is 22.9 Å². The molecule has 3 aromatic rings. The van der Waals surface area contributed by atoms with Gasteiger partial charge in [0.1, 0.15) is 0 Å².